The number of Topliss-reactive ketones (excluding diaryl/α,β-unsaturated/α-hetero) is 1. The molecule has 34 heavy (non-hydrogen) atoms. The Morgan fingerprint density at radius 3 is 2.74 bits per heavy atom. The standard InChI is InChI=1S/C25H26N6O3/c1-14(2)7-21(32)18-6-4-5-17(8-18)20-11-28-23-22(30-20)19(10-27-23)24(33)29-15(3)25(34)31-12-16(9-26)13-31/h4-6,8,10-11,14-16H,7,12-13H2,1-3H3,(H,27,28)(H,29,33)/t15-/m1/s1. The fraction of sp³-hybridized carbons (Fsp3) is 0.360. The van der Waals surface area contributed by atoms with E-state index in [9.17, 15) is 14.4 Å². The first-order valence-electron chi connectivity index (χ1n) is 11.2. The van der Waals surface area contributed by atoms with Gasteiger partial charge in [-0.3, -0.25) is 14.4 Å². The van der Waals surface area contributed by atoms with Crippen molar-refractivity contribution >= 4 is 28.8 Å². The molecule has 3 aromatic rings. The molecule has 4 rings (SSSR count). The Morgan fingerprint density at radius 1 is 1.26 bits per heavy atom. The summed E-state index contributed by atoms with van der Waals surface area (Å²) in [7, 11) is 0. The average molecular weight is 459 g/mol. The van der Waals surface area contributed by atoms with Crippen molar-refractivity contribution < 1.29 is 14.4 Å². The van der Waals surface area contributed by atoms with E-state index in [1.54, 1.807) is 36.2 Å². The number of rotatable bonds is 7. The van der Waals surface area contributed by atoms with Crippen LogP contribution < -0.4 is 5.32 Å². The summed E-state index contributed by atoms with van der Waals surface area (Å²) in [6, 6.07) is 8.61. The smallest absolute Gasteiger partial charge is 0.255 e. The predicted octanol–water partition coefficient (Wildman–Crippen LogP) is 2.95. The number of fused-ring (bicyclic) bond motifs is 1. The van der Waals surface area contributed by atoms with E-state index < -0.39 is 11.9 Å². The third-order valence-corrected chi connectivity index (χ3v) is 5.79. The number of aromatic nitrogens is 3. The molecule has 9 nitrogen and oxygen atoms in total. The first kappa shape index (κ1) is 23.1. The zero-order valence-corrected chi connectivity index (χ0v) is 19.3. The van der Waals surface area contributed by atoms with Crippen LogP contribution in [0, 0.1) is 23.2 Å². The van der Waals surface area contributed by atoms with Crippen LogP contribution in [0.3, 0.4) is 0 Å². The highest BCUT2D eigenvalue weighted by molar-refractivity contribution is 6.06. The quantitative estimate of drug-likeness (QED) is 0.523. The van der Waals surface area contributed by atoms with Crippen LogP contribution >= 0.6 is 0 Å². The summed E-state index contributed by atoms with van der Waals surface area (Å²) >= 11 is 0. The largest absolute Gasteiger partial charge is 0.344 e. The van der Waals surface area contributed by atoms with Gasteiger partial charge in [-0.1, -0.05) is 32.0 Å². The van der Waals surface area contributed by atoms with Crippen molar-refractivity contribution in [2.45, 2.75) is 33.2 Å². The van der Waals surface area contributed by atoms with E-state index in [1.807, 2.05) is 19.9 Å². The SMILES string of the molecule is CC(C)CC(=O)c1cccc(-c2cnc3[nH]cc(C(=O)N[C@H](C)C(=O)N4CC(C#N)C4)c3n2)c1. The number of carbonyl (C=O) groups is 3. The van der Waals surface area contributed by atoms with Crippen molar-refractivity contribution in [2.24, 2.45) is 11.8 Å². The lowest BCUT2D eigenvalue weighted by atomic mass is 9.99. The number of ketones is 1. The molecule has 9 heteroatoms. The lowest BCUT2D eigenvalue weighted by Gasteiger charge is -2.37. The summed E-state index contributed by atoms with van der Waals surface area (Å²) in [5, 5.41) is 11.6. The highest BCUT2D eigenvalue weighted by atomic mass is 16.2. The zero-order valence-electron chi connectivity index (χ0n) is 19.3. The van der Waals surface area contributed by atoms with Gasteiger partial charge in [0.2, 0.25) is 5.91 Å². The number of H-pyrrole nitrogens is 1. The molecule has 1 atom stereocenters. The van der Waals surface area contributed by atoms with E-state index in [0.29, 0.717) is 41.9 Å². The molecular formula is C25H26N6O3. The Hall–Kier alpha value is -4.06. The highest BCUT2D eigenvalue weighted by Gasteiger charge is 2.33. The molecule has 1 aromatic carbocycles. The van der Waals surface area contributed by atoms with E-state index >= 15 is 0 Å². The maximum atomic E-state index is 12.9. The van der Waals surface area contributed by atoms with Crippen LogP contribution in [0.15, 0.2) is 36.7 Å². The number of nitrogens with zero attached hydrogens (tertiary/aromatic N) is 4. The minimum absolute atomic E-state index is 0.0644. The number of nitrogens with one attached hydrogen (secondary N) is 2. The Bertz CT molecular complexity index is 1300. The Morgan fingerprint density at radius 2 is 2.03 bits per heavy atom. The number of amides is 2. The zero-order chi connectivity index (χ0) is 24.4. The summed E-state index contributed by atoms with van der Waals surface area (Å²) in [6.07, 6.45) is 3.56. The Kier molecular flexibility index (Phi) is 6.41. The van der Waals surface area contributed by atoms with Crippen LogP contribution in [0.1, 0.15) is 47.9 Å². The fourth-order valence-corrected chi connectivity index (χ4v) is 3.89. The van der Waals surface area contributed by atoms with E-state index in [1.165, 1.54) is 6.20 Å². The molecule has 174 valence electrons. The number of likely N-dealkylation sites (tertiary alicyclic amines) is 1. The fourth-order valence-electron chi connectivity index (χ4n) is 3.89. The Labute approximate surface area is 197 Å². The van der Waals surface area contributed by atoms with Crippen LogP contribution in [0.4, 0.5) is 0 Å². The summed E-state index contributed by atoms with van der Waals surface area (Å²) < 4.78 is 0. The average Bonchev–Trinajstić information content (AvgIpc) is 3.21. The maximum Gasteiger partial charge on any atom is 0.255 e. The van der Waals surface area contributed by atoms with E-state index in [0.717, 1.165) is 5.56 Å². The first-order chi connectivity index (χ1) is 16.3. The molecule has 0 aliphatic carbocycles. The van der Waals surface area contributed by atoms with Crippen molar-refractivity contribution in [3.05, 3.63) is 47.8 Å². The lowest BCUT2D eigenvalue weighted by molar-refractivity contribution is -0.137. The molecule has 1 aliphatic rings. The van der Waals surface area contributed by atoms with Crippen LogP contribution in [-0.4, -0.2) is 56.6 Å². The van der Waals surface area contributed by atoms with Gasteiger partial charge in [0.05, 0.1) is 29.4 Å². The minimum atomic E-state index is -0.739. The third-order valence-electron chi connectivity index (χ3n) is 5.79. The molecule has 3 heterocycles. The summed E-state index contributed by atoms with van der Waals surface area (Å²) in [5.74, 6) is -0.495. The maximum absolute atomic E-state index is 12.9. The second-order valence-corrected chi connectivity index (χ2v) is 9.02. The van der Waals surface area contributed by atoms with Crippen molar-refractivity contribution in [3.8, 4) is 17.3 Å². The van der Waals surface area contributed by atoms with Gasteiger partial charge in [0.15, 0.2) is 11.4 Å². The molecule has 2 N–H and O–H groups in total. The van der Waals surface area contributed by atoms with Crippen LogP contribution in [0.2, 0.25) is 0 Å². The molecule has 0 radical (unpaired) electrons. The molecule has 1 fully saturated rings. The predicted molar refractivity (Wildman–Crippen MR) is 126 cm³/mol. The van der Waals surface area contributed by atoms with E-state index in [-0.39, 0.29) is 29.1 Å². The molecule has 2 amide bonds. The molecule has 1 aliphatic heterocycles. The van der Waals surface area contributed by atoms with E-state index in [4.69, 9.17) is 5.26 Å². The third kappa shape index (κ3) is 4.66. The van der Waals surface area contributed by atoms with Gasteiger partial charge in [0, 0.05) is 36.8 Å². The molecular weight excluding hydrogens is 432 g/mol. The van der Waals surface area contributed by atoms with Gasteiger partial charge in [-0.05, 0) is 18.9 Å². The summed E-state index contributed by atoms with van der Waals surface area (Å²) in [5.41, 5.74) is 2.96. The normalized spacial score (nSPS) is 14.5. The van der Waals surface area contributed by atoms with Gasteiger partial charge in [-0.2, -0.15) is 5.26 Å². The lowest BCUT2D eigenvalue weighted by Crippen LogP contribution is -2.55. The van der Waals surface area contributed by atoms with Gasteiger partial charge in [-0.25, -0.2) is 9.97 Å². The van der Waals surface area contributed by atoms with Crippen LogP contribution in [0.25, 0.3) is 22.4 Å². The molecule has 2 aromatic heterocycles. The second-order valence-electron chi connectivity index (χ2n) is 9.02. The van der Waals surface area contributed by atoms with E-state index in [2.05, 4.69) is 26.3 Å². The summed E-state index contributed by atoms with van der Waals surface area (Å²) in [6.45, 7) is 6.39. The van der Waals surface area contributed by atoms with Crippen molar-refractivity contribution in [1.29, 1.82) is 5.26 Å². The number of benzene rings is 1. The van der Waals surface area contributed by atoms with Gasteiger partial charge in [0.1, 0.15) is 11.6 Å². The highest BCUT2D eigenvalue weighted by Crippen LogP contribution is 2.23. The van der Waals surface area contributed by atoms with Crippen molar-refractivity contribution in [3.63, 3.8) is 0 Å². The first-order valence-corrected chi connectivity index (χ1v) is 11.2. The van der Waals surface area contributed by atoms with Gasteiger partial charge in [-0.15, -0.1) is 0 Å². The molecule has 0 bridgehead atoms. The summed E-state index contributed by atoms with van der Waals surface area (Å²) in [4.78, 5) is 51.4. The minimum Gasteiger partial charge on any atom is -0.344 e. The molecule has 0 unspecified atom stereocenters. The molecule has 1 saturated heterocycles. The topological polar surface area (TPSA) is 132 Å². The number of aromatic amines is 1. The number of hydrogen-bond donors (Lipinski definition) is 2. The van der Waals surface area contributed by atoms with Gasteiger partial charge in [0.25, 0.3) is 5.91 Å². The number of carbonyl (C=O) groups excluding carboxylic acids is 3. The second kappa shape index (κ2) is 9.43. The number of nitriles is 1. The molecule has 0 saturated carbocycles. The van der Waals surface area contributed by atoms with Crippen LogP contribution in [-0.2, 0) is 4.79 Å². The van der Waals surface area contributed by atoms with Crippen LogP contribution in [0.5, 0.6) is 0 Å². The van der Waals surface area contributed by atoms with Crippen molar-refractivity contribution in [1.82, 2.24) is 25.2 Å². The van der Waals surface area contributed by atoms with Crippen molar-refractivity contribution in [2.75, 3.05) is 13.1 Å². The molecule has 0 spiro atoms. The van der Waals surface area contributed by atoms with Gasteiger partial charge >= 0.3 is 0 Å². The number of hydrogen-bond acceptors (Lipinski definition) is 6. The Balaban J connectivity index is 1.54. The van der Waals surface area contributed by atoms with Gasteiger partial charge < -0.3 is 15.2 Å². The monoisotopic (exact) mass is 458 g/mol.